The minimum Gasteiger partial charge on any atom is -0.465 e. The van der Waals surface area contributed by atoms with Crippen molar-refractivity contribution in [2.45, 2.75) is 70.1 Å². The van der Waals surface area contributed by atoms with Crippen molar-refractivity contribution < 1.29 is 64.0 Å². The second kappa shape index (κ2) is 14.0. The van der Waals surface area contributed by atoms with E-state index in [1.54, 1.807) is 26.8 Å². The van der Waals surface area contributed by atoms with Gasteiger partial charge in [0.25, 0.3) is 0 Å². The highest BCUT2D eigenvalue weighted by molar-refractivity contribution is 7.23. The summed E-state index contributed by atoms with van der Waals surface area (Å²) in [5, 5.41) is 21.0. The Balaban J connectivity index is 1.45. The summed E-state index contributed by atoms with van der Waals surface area (Å²) >= 11 is 0.500. The molecule has 0 saturated carbocycles. The number of benzene rings is 2. The van der Waals surface area contributed by atoms with Crippen molar-refractivity contribution in [3.63, 3.8) is 0 Å². The number of aromatic nitrogens is 2. The van der Waals surface area contributed by atoms with Gasteiger partial charge in [0.2, 0.25) is 0 Å². The molecule has 2 amide bonds. The average molecular weight is 829 g/mol. The van der Waals surface area contributed by atoms with Crippen LogP contribution in [0, 0.1) is 28.4 Å². The van der Waals surface area contributed by atoms with E-state index in [2.05, 4.69) is 15.3 Å². The quantitative estimate of drug-likeness (QED) is 0.181. The third-order valence-corrected chi connectivity index (χ3v) is 11.3. The lowest BCUT2D eigenvalue weighted by molar-refractivity contribution is -0.231. The largest absolute Gasteiger partial charge is 0.465 e. The van der Waals surface area contributed by atoms with E-state index in [9.17, 15) is 33.1 Å². The molecule has 3 aliphatic heterocycles. The zero-order valence-corrected chi connectivity index (χ0v) is 31.0. The first-order valence-corrected chi connectivity index (χ1v) is 18.2. The van der Waals surface area contributed by atoms with Crippen molar-refractivity contribution >= 4 is 55.3 Å². The number of piperazine rings is 1. The second-order valence-electron chi connectivity index (χ2n) is 15.0. The van der Waals surface area contributed by atoms with Crippen LogP contribution in [0.15, 0.2) is 18.2 Å². The number of hydrogen-bond donors (Lipinski definition) is 2. The van der Waals surface area contributed by atoms with Crippen LogP contribution in [0.5, 0.6) is 6.01 Å². The van der Waals surface area contributed by atoms with Gasteiger partial charge in [-0.25, -0.2) is 18.4 Å². The fraction of sp³-hybridized carbons (Fsp3) is 0.472. The molecule has 3 fully saturated rings. The third kappa shape index (κ3) is 7.17. The Morgan fingerprint density at radius 1 is 1.11 bits per heavy atom. The molecule has 3 aliphatic rings. The van der Waals surface area contributed by atoms with Crippen molar-refractivity contribution in [3.8, 4) is 23.2 Å². The minimum absolute atomic E-state index is 0.105. The molecule has 57 heavy (non-hydrogen) atoms. The molecule has 4 aromatic rings. The number of rotatable bonds is 6. The molecular weight excluding hydrogens is 796 g/mol. The van der Waals surface area contributed by atoms with E-state index in [-0.39, 0.29) is 30.5 Å². The van der Waals surface area contributed by atoms with Gasteiger partial charge in [-0.2, -0.15) is 41.6 Å². The zero-order valence-electron chi connectivity index (χ0n) is 30.2. The van der Waals surface area contributed by atoms with Crippen LogP contribution < -0.4 is 15.0 Å². The molecule has 0 aliphatic carbocycles. The lowest BCUT2D eigenvalue weighted by Gasteiger charge is -2.40. The molecule has 2 bridgehead atoms. The number of halogens is 8. The van der Waals surface area contributed by atoms with Crippen molar-refractivity contribution in [1.82, 2.24) is 14.9 Å². The monoisotopic (exact) mass is 828 g/mol. The van der Waals surface area contributed by atoms with Gasteiger partial charge in [-0.1, -0.05) is 6.07 Å². The second-order valence-corrected chi connectivity index (χ2v) is 16.1. The van der Waals surface area contributed by atoms with Crippen LogP contribution in [0.25, 0.3) is 32.1 Å². The molecule has 0 spiro atoms. The summed E-state index contributed by atoms with van der Waals surface area (Å²) in [4.78, 5) is 35.5. The molecule has 3 atom stereocenters. The fourth-order valence-corrected chi connectivity index (χ4v) is 8.64. The number of anilines is 2. The number of alkyl halides is 6. The number of nitrogens with zero attached hydrogens (tertiary/aromatic N) is 5. The summed E-state index contributed by atoms with van der Waals surface area (Å²) in [6.45, 7) is 2.34. The first kappa shape index (κ1) is 40.0. The molecule has 304 valence electrons. The molecule has 2 aromatic heterocycles. The van der Waals surface area contributed by atoms with Crippen LogP contribution in [0.4, 0.5) is 55.5 Å². The topological polar surface area (TPSA) is 150 Å². The van der Waals surface area contributed by atoms with Crippen LogP contribution in [0.1, 0.15) is 51.2 Å². The summed E-state index contributed by atoms with van der Waals surface area (Å²) in [6.07, 6.45) is -12.1. The molecule has 3 unspecified atom stereocenters. The van der Waals surface area contributed by atoms with Gasteiger partial charge in [0.1, 0.15) is 45.8 Å². The molecular formula is C36H32F8N6O6S. The van der Waals surface area contributed by atoms with Gasteiger partial charge < -0.3 is 24.2 Å². The zero-order chi connectivity index (χ0) is 41.4. The average Bonchev–Trinajstić information content (AvgIpc) is 3.81. The van der Waals surface area contributed by atoms with Gasteiger partial charge in [0, 0.05) is 36.0 Å². The standard InChI is InChI=1S/C36H32F8N6O6S/c1-33(2,3)56-31(51)48-29-20(11-45)23-18(6-7-22(37)27(23)57-29)24-21(35(39,40)41)10-19-26(25(24)38)46-30(55-15-34(36(42,43)44)8-9-54-14-34)47-28(19)49-12-16-4-5-17(13-49)50(16)32(52)53/h6-7,10,16-17H,4-5,8-9,12-15H2,1-3H3,(H,48,51)(H,52,53). The highest BCUT2D eigenvalue weighted by atomic mass is 32.1. The molecule has 0 radical (unpaired) electrons. The van der Waals surface area contributed by atoms with E-state index in [1.165, 1.54) is 9.80 Å². The van der Waals surface area contributed by atoms with Gasteiger partial charge in [0.05, 0.1) is 34.5 Å². The molecule has 3 saturated heterocycles. The van der Waals surface area contributed by atoms with Gasteiger partial charge >= 0.3 is 30.5 Å². The maximum Gasteiger partial charge on any atom is 0.417 e. The van der Waals surface area contributed by atoms with Crippen molar-refractivity contribution in [1.29, 1.82) is 5.26 Å². The van der Waals surface area contributed by atoms with Gasteiger partial charge in [-0.15, -0.1) is 11.3 Å². The van der Waals surface area contributed by atoms with E-state index >= 15 is 22.0 Å². The SMILES string of the molecule is CC(C)(C)OC(=O)Nc1sc2c(F)ccc(-c3c(C(F)(F)F)cc4c(N5CC6CCC(C5)N6C(=O)O)nc(OCC5(C(F)(F)F)CCOC5)nc4c3F)c2c1C#N. The molecule has 12 nitrogen and oxygen atoms in total. The van der Waals surface area contributed by atoms with Crippen LogP contribution in [0.2, 0.25) is 0 Å². The minimum atomic E-state index is -5.32. The van der Waals surface area contributed by atoms with E-state index in [1.807, 2.05) is 0 Å². The number of carbonyl (C=O) groups excluding carboxylic acids is 1. The molecule has 7 rings (SSSR count). The van der Waals surface area contributed by atoms with Crippen LogP contribution in [0.3, 0.4) is 0 Å². The number of carbonyl (C=O) groups is 2. The summed E-state index contributed by atoms with van der Waals surface area (Å²) in [5.74, 6) is -3.01. The Labute approximate surface area is 321 Å². The van der Waals surface area contributed by atoms with E-state index in [4.69, 9.17) is 14.2 Å². The Hall–Kier alpha value is -5.23. The molecule has 2 N–H and O–H groups in total. The summed E-state index contributed by atoms with van der Waals surface area (Å²) in [6, 6.07) is 1.81. The first-order valence-electron chi connectivity index (χ1n) is 17.4. The van der Waals surface area contributed by atoms with Crippen LogP contribution >= 0.6 is 11.3 Å². The Bertz CT molecular complexity index is 2320. The molecule has 2 aromatic carbocycles. The number of nitrogens with one attached hydrogen (secondary N) is 1. The maximum atomic E-state index is 17.3. The Kier molecular flexibility index (Phi) is 9.82. The van der Waals surface area contributed by atoms with E-state index < -0.39 is 128 Å². The predicted octanol–water partition coefficient (Wildman–Crippen LogP) is 8.71. The fourth-order valence-electron chi connectivity index (χ4n) is 7.57. The lowest BCUT2D eigenvalue weighted by Crippen LogP contribution is -2.55. The summed E-state index contributed by atoms with van der Waals surface area (Å²) < 4.78 is 136. The number of amides is 2. The van der Waals surface area contributed by atoms with E-state index in [0.29, 0.717) is 30.2 Å². The number of thiophene rings is 1. The predicted molar refractivity (Wildman–Crippen MR) is 188 cm³/mol. The van der Waals surface area contributed by atoms with Gasteiger partial charge in [-0.05, 0) is 57.7 Å². The third-order valence-electron chi connectivity index (χ3n) is 10.2. The number of nitriles is 1. The summed E-state index contributed by atoms with van der Waals surface area (Å²) in [7, 11) is 0. The molecule has 5 heterocycles. The van der Waals surface area contributed by atoms with Crippen molar-refractivity contribution in [2.24, 2.45) is 5.41 Å². The Morgan fingerprint density at radius 2 is 1.79 bits per heavy atom. The highest BCUT2D eigenvalue weighted by Crippen LogP contribution is 2.50. The normalized spacial score (nSPS) is 21.3. The smallest absolute Gasteiger partial charge is 0.417 e. The first-order chi connectivity index (χ1) is 26.6. The maximum absolute atomic E-state index is 17.3. The number of fused-ring (bicyclic) bond motifs is 4. The summed E-state index contributed by atoms with van der Waals surface area (Å²) in [5.41, 5.74) is -8.21. The van der Waals surface area contributed by atoms with Crippen LogP contribution in [-0.2, 0) is 15.7 Å². The van der Waals surface area contributed by atoms with Crippen molar-refractivity contribution in [2.75, 3.05) is 43.1 Å². The lowest BCUT2D eigenvalue weighted by atomic mass is 9.87. The number of hydrogen-bond acceptors (Lipinski definition) is 10. The van der Waals surface area contributed by atoms with E-state index in [0.717, 1.165) is 12.1 Å². The number of ether oxygens (including phenoxy) is 3. The van der Waals surface area contributed by atoms with Crippen molar-refractivity contribution in [3.05, 3.63) is 41.0 Å². The Morgan fingerprint density at radius 3 is 2.35 bits per heavy atom. The number of carboxylic acid groups (broad SMARTS) is 1. The van der Waals surface area contributed by atoms with Gasteiger partial charge in [-0.3, -0.25) is 10.2 Å². The molecule has 21 heteroatoms. The highest BCUT2D eigenvalue weighted by Gasteiger charge is 2.58. The van der Waals surface area contributed by atoms with Crippen LogP contribution in [-0.4, -0.2) is 88.9 Å². The van der Waals surface area contributed by atoms with Gasteiger partial charge in [0.15, 0.2) is 5.82 Å².